The minimum absolute atomic E-state index is 0.450. The van der Waals surface area contributed by atoms with Crippen LogP contribution >= 0.6 is 7.26 Å². The maximum absolute atomic E-state index is 2.61. The lowest BCUT2D eigenvalue weighted by Crippen LogP contribution is -2.26. The fraction of sp³-hybridized carbons (Fsp3) is 1.00. The molecule has 0 aliphatic carbocycles. The zero-order valence-electron chi connectivity index (χ0n) is 24.1. The standard InChI is InChI=1S/C30H64P/c1-12-15-20-31(21-16-13-2,22-17-14-3)25-28(27(5)24-30(9,10)11)19-18-26(4)23-29(6,7)8/h26-28H,12-25H2,1-11H3/q+1. The lowest BCUT2D eigenvalue weighted by molar-refractivity contribution is 0.223. The van der Waals surface area contributed by atoms with Gasteiger partial charge in [0.15, 0.2) is 0 Å². The molecule has 1 heteroatoms. The molecule has 0 N–H and O–H groups in total. The van der Waals surface area contributed by atoms with E-state index in [0.717, 1.165) is 17.8 Å². The minimum atomic E-state index is -0.822. The minimum Gasteiger partial charge on any atom is -0.0652 e. The van der Waals surface area contributed by atoms with E-state index in [4.69, 9.17) is 0 Å². The molecule has 0 rings (SSSR count). The van der Waals surface area contributed by atoms with Crippen molar-refractivity contribution in [3.05, 3.63) is 0 Å². The summed E-state index contributed by atoms with van der Waals surface area (Å²) in [6.07, 6.45) is 20.6. The van der Waals surface area contributed by atoms with Crippen LogP contribution in [0.3, 0.4) is 0 Å². The van der Waals surface area contributed by atoms with Crippen LogP contribution in [-0.2, 0) is 0 Å². The fourth-order valence-electron chi connectivity index (χ4n) is 5.92. The zero-order chi connectivity index (χ0) is 24.1. The van der Waals surface area contributed by atoms with Crippen molar-refractivity contribution in [2.24, 2.45) is 28.6 Å². The highest BCUT2D eigenvalue weighted by atomic mass is 31.2. The Morgan fingerprint density at radius 1 is 0.613 bits per heavy atom. The van der Waals surface area contributed by atoms with Crippen molar-refractivity contribution < 1.29 is 0 Å². The van der Waals surface area contributed by atoms with Crippen LogP contribution < -0.4 is 0 Å². The van der Waals surface area contributed by atoms with E-state index in [1.165, 1.54) is 64.2 Å². The van der Waals surface area contributed by atoms with Crippen LogP contribution in [0.25, 0.3) is 0 Å². The van der Waals surface area contributed by atoms with Crippen molar-refractivity contribution in [1.82, 2.24) is 0 Å². The summed E-state index contributed by atoms with van der Waals surface area (Å²) in [7, 11) is -0.822. The predicted octanol–water partition coefficient (Wildman–Crippen LogP) is 10.9. The van der Waals surface area contributed by atoms with Gasteiger partial charge < -0.3 is 0 Å². The summed E-state index contributed by atoms with van der Waals surface area (Å²) in [6.45, 7) is 27.0. The summed E-state index contributed by atoms with van der Waals surface area (Å²) in [5.74, 6) is 2.67. The summed E-state index contributed by atoms with van der Waals surface area (Å²) in [5, 5.41) is 0. The number of rotatable bonds is 17. The van der Waals surface area contributed by atoms with E-state index in [0.29, 0.717) is 10.8 Å². The molecule has 0 aromatic rings. The lowest BCUT2D eigenvalue weighted by atomic mass is 9.77. The average Bonchev–Trinajstić information content (AvgIpc) is 2.63. The number of unbranched alkanes of at least 4 members (excludes halogenated alkanes) is 3. The molecule has 0 spiro atoms. The van der Waals surface area contributed by atoms with Gasteiger partial charge in [-0.1, -0.05) is 102 Å². The molecule has 3 atom stereocenters. The van der Waals surface area contributed by atoms with E-state index in [1.54, 1.807) is 24.6 Å². The Morgan fingerprint density at radius 2 is 1.03 bits per heavy atom. The van der Waals surface area contributed by atoms with Gasteiger partial charge in [0.05, 0.1) is 24.6 Å². The van der Waals surface area contributed by atoms with Crippen LogP contribution in [0.1, 0.15) is 140 Å². The third-order valence-corrected chi connectivity index (χ3v) is 12.3. The molecular formula is C30H64P+. The highest BCUT2D eigenvalue weighted by molar-refractivity contribution is 7.75. The zero-order valence-corrected chi connectivity index (χ0v) is 25.0. The van der Waals surface area contributed by atoms with E-state index in [2.05, 4.69) is 76.2 Å². The van der Waals surface area contributed by atoms with Crippen LogP contribution in [0, 0.1) is 28.6 Å². The molecule has 0 aliphatic heterocycles. The van der Waals surface area contributed by atoms with Gasteiger partial charge in [-0.2, -0.15) is 0 Å². The first-order chi connectivity index (χ1) is 14.3. The van der Waals surface area contributed by atoms with Crippen LogP contribution in [0.5, 0.6) is 0 Å². The molecule has 0 saturated carbocycles. The van der Waals surface area contributed by atoms with Crippen LogP contribution in [-0.4, -0.2) is 24.6 Å². The van der Waals surface area contributed by atoms with Crippen molar-refractivity contribution in [2.45, 2.75) is 140 Å². The van der Waals surface area contributed by atoms with E-state index in [-0.39, 0.29) is 0 Å². The molecule has 0 aromatic carbocycles. The lowest BCUT2D eigenvalue weighted by Gasteiger charge is -2.36. The average molecular weight is 456 g/mol. The maximum Gasteiger partial charge on any atom is 0.0625 e. The highest BCUT2D eigenvalue weighted by Crippen LogP contribution is 2.63. The van der Waals surface area contributed by atoms with Gasteiger partial charge in [-0.05, 0) is 67.1 Å². The molecule has 3 unspecified atom stereocenters. The Morgan fingerprint density at radius 3 is 1.39 bits per heavy atom. The molecule has 0 aromatic heterocycles. The quantitative estimate of drug-likeness (QED) is 0.191. The Labute approximate surface area is 200 Å². The molecule has 0 amide bonds. The fourth-order valence-corrected chi connectivity index (χ4v) is 11.6. The highest BCUT2D eigenvalue weighted by Gasteiger charge is 2.40. The Kier molecular flexibility index (Phi) is 15.6. The summed E-state index contributed by atoms with van der Waals surface area (Å²) < 4.78 is 0. The van der Waals surface area contributed by atoms with E-state index >= 15 is 0 Å². The number of hydrogen-bond acceptors (Lipinski definition) is 0. The molecule has 0 fully saturated rings. The van der Waals surface area contributed by atoms with Gasteiger partial charge in [0.25, 0.3) is 0 Å². The van der Waals surface area contributed by atoms with Crippen LogP contribution in [0.4, 0.5) is 0 Å². The maximum atomic E-state index is 2.61. The van der Waals surface area contributed by atoms with Crippen molar-refractivity contribution in [3.63, 3.8) is 0 Å². The van der Waals surface area contributed by atoms with Crippen molar-refractivity contribution >= 4 is 7.26 Å². The predicted molar refractivity (Wildman–Crippen MR) is 150 cm³/mol. The third-order valence-electron chi connectivity index (χ3n) is 7.31. The first-order valence-electron chi connectivity index (χ1n) is 14.1. The second kappa shape index (κ2) is 15.4. The van der Waals surface area contributed by atoms with E-state index in [1.807, 2.05) is 0 Å². The summed E-state index contributed by atoms with van der Waals surface area (Å²) in [5.41, 5.74) is 0.915. The smallest absolute Gasteiger partial charge is 0.0625 e. The van der Waals surface area contributed by atoms with E-state index < -0.39 is 7.26 Å². The molecule has 0 heterocycles. The second-order valence-corrected chi connectivity index (χ2v) is 18.1. The van der Waals surface area contributed by atoms with E-state index in [9.17, 15) is 0 Å². The van der Waals surface area contributed by atoms with Crippen molar-refractivity contribution in [2.75, 3.05) is 24.6 Å². The Bertz CT molecular complexity index is 403. The molecule has 0 aliphatic rings. The SMILES string of the molecule is CCCC[P+](CCCC)(CCCC)CC(CCC(C)CC(C)(C)C)C(C)CC(C)(C)C. The topological polar surface area (TPSA) is 0 Å². The van der Waals surface area contributed by atoms with Crippen LogP contribution in [0.2, 0.25) is 0 Å². The molecule has 188 valence electrons. The molecule has 31 heavy (non-hydrogen) atoms. The molecule has 0 saturated heterocycles. The normalized spacial score (nSPS) is 16.4. The number of hydrogen-bond donors (Lipinski definition) is 0. The van der Waals surface area contributed by atoms with Gasteiger partial charge in [-0.25, -0.2) is 0 Å². The van der Waals surface area contributed by atoms with Crippen LogP contribution in [0.15, 0.2) is 0 Å². The Balaban J connectivity index is 5.60. The van der Waals surface area contributed by atoms with Gasteiger partial charge in [-0.15, -0.1) is 0 Å². The molecular weight excluding hydrogens is 391 g/mol. The Hall–Kier alpha value is 0.430. The second-order valence-electron chi connectivity index (χ2n) is 13.7. The molecule has 0 nitrogen and oxygen atoms in total. The van der Waals surface area contributed by atoms with Crippen molar-refractivity contribution in [1.29, 1.82) is 0 Å². The largest absolute Gasteiger partial charge is 0.0652 e. The summed E-state index contributed by atoms with van der Waals surface area (Å²) in [4.78, 5) is 0. The first kappa shape index (κ1) is 31.4. The van der Waals surface area contributed by atoms with Gasteiger partial charge in [0.1, 0.15) is 0 Å². The van der Waals surface area contributed by atoms with Gasteiger partial charge in [-0.3, -0.25) is 0 Å². The molecule has 0 radical (unpaired) electrons. The van der Waals surface area contributed by atoms with Gasteiger partial charge in [0, 0.05) is 7.26 Å². The first-order valence-corrected chi connectivity index (χ1v) is 16.7. The monoisotopic (exact) mass is 455 g/mol. The van der Waals surface area contributed by atoms with Gasteiger partial charge >= 0.3 is 0 Å². The van der Waals surface area contributed by atoms with Crippen molar-refractivity contribution in [3.8, 4) is 0 Å². The third kappa shape index (κ3) is 15.8. The van der Waals surface area contributed by atoms with Gasteiger partial charge in [0.2, 0.25) is 0 Å². The molecule has 0 bridgehead atoms. The summed E-state index contributed by atoms with van der Waals surface area (Å²) in [6, 6.07) is 0. The summed E-state index contributed by atoms with van der Waals surface area (Å²) >= 11 is 0.